The molecule has 1 aromatic carbocycles. The molecule has 8 heteroatoms. The van der Waals surface area contributed by atoms with Crippen LogP contribution in [0.15, 0.2) is 29.2 Å². The number of hydrogen-bond acceptors (Lipinski definition) is 5. The van der Waals surface area contributed by atoms with E-state index in [-0.39, 0.29) is 16.5 Å². The minimum atomic E-state index is -3.71. The van der Waals surface area contributed by atoms with Gasteiger partial charge in [-0.3, -0.25) is 10.1 Å². The Balaban J connectivity index is 2.05. The first-order chi connectivity index (χ1) is 9.49. The van der Waals surface area contributed by atoms with Gasteiger partial charge in [-0.15, -0.1) is 0 Å². The maximum Gasteiger partial charge on any atom is 0.270 e. The Kier molecular flexibility index (Phi) is 4.69. The van der Waals surface area contributed by atoms with Crippen LogP contribution in [0.5, 0.6) is 0 Å². The molecule has 1 aromatic rings. The van der Waals surface area contributed by atoms with Crippen LogP contribution in [0.1, 0.15) is 12.8 Å². The van der Waals surface area contributed by atoms with E-state index >= 15 is 0 Å². The minimum Gasteiger partial charge on any atom is -0.381 e. The van der Waals surface area contributed by atoms with Crippen molar-refractivity contribution in [2.75, 3.05) is 19.8 Å². The second kappa shape index (κ2) is 6.29. The molecule has 0 saturated carbocycles. The van der Waals surface area contributed by atoms with Crippen molar-refractivity contribution in [3.8, 4) is 0 Å². The number of nitrogens with one attached hydrogen (secondary N) is 1. The first kappa shape index (κ1) is 14.9. The molecule has 1 aliphatic heterocycles. The predicted molar refractivity (Wildman–Crippen MR) is 71.8 cm³/mol. The van der Waals surface area contributed by atoms with Crippen molar-refractivity contribution in [3.63, 3.8) is 0 Å². The van der Waals surface area contributed by atoms with E-state index in [1.54, 1.807) is 0 Å². The van der Waals surface area contributed by atoms with E-state index in [4.69, 9.17) is 4.74 Å². The topological polar surface area (TPSA) is 98.5 Å². The molecule has 0 atom stereocenters. The van der Waals surface area contributed by atoms with Gasteiger partial charge >= 0.3 is 0 Å². The quantitative estimate of drug-likeness (QED) is 0.652. The normalized spacial score (nSPS) is 17.0. The van der Waals surface area contributed by atoms with Crippen molar-refractivity contribution >= 4 is 15.7 Å². The molecule has 0 radical (unpaired) electrons. The van der Waals surface area contributed by atoms with Crippen LogP contribution in [-0.2, 0) is 14.8 Å². The third kappa shape index (κ3) is 3.75. The van der Waals surface area contributed by atoms with Gasteiger partial charge in [0.2, 0.25) is 10.0 Å². The number of nitro benzene ring substituents is 1. The highest BCUT2D eigenvalue weighted by Crippen LogP contribution is 2.18. The molecule has 0 aliphatic carbocycles. The molecule has 0 aromatic heterocycles. The summed E-state index contributed by atoms with van der Waals surface area (Å²) >= 11 is 0. The summed E-state index contributed by atoms with van der Waals surface area (Å²) in [6.07, 6.45) is 1.63. The van der Waals surface area contributed by atoms with E-state index in [1.165, 1.54) is 18.2 Å². The fraction of sp³-hybridized carbons (Fsp3) is 0.500. The Labute approximate surface area is 117 Å². The van der Waals surface area contributed by atoms with Crippen LogP contribution in [0.3, 0.4) is 0 Å². The molecule has 110 valence electrons. The van der Waals surface area contributed by atoms with Crippen molar-refractivity contribution in [2.24, 2.45) is 5.92 Å². The minimum absolute atomic E-state index is 0.0845. The third-order valence-corrected chi connectivity index (χ3v) is 4.66. The van der Waals surface area contributed by atoms with E-state index in [0.29, 0.717) is 19.8 Å². The van der Waals surface area contributed by atoms with E-state index in [2.05, 4.69) is 4.72 Å². The van der Waals surface area contributed by atoms with Crippen LogP contribution in [-0.4, -0.2) is 33.1 Å². The summed E-state index contributed by atoms with van der Waals surface area (Å²) in [7, 11) is -3.71. The van der Waals surface area contributed by atoms with E-state index < -0.39 is 14.9 Å². The molecule has 1 heterocycles. The molecule has 1 fully saturated rings. The van der Waals surface area contributed by atoms with Gasteiger partial charge in [0, 0.05) is 31.9 Å². The zero-order valence-electron chi connectivity index (χ0n) is 10.8. The highest BCUT2D eigenvalue weighted by molar-refractivity contribution is 7.89. The fourth-order valence-electron chi connectivity index (χ4n) is 2.03. The Morgan fingerprint density at radius 3 is 2.70 bits per heavy atom. The Morgan fingerprint density at radius 1 is 1.35 bits per heavy atom. The second-order valence-electron chi connectivity index (χ2n) is 4.66. The monoisotopic (exact) mass is 300 g/mol. The molecule has 0 bridgehead atoms. The van der Waals surface area contributed by atoms with Gasteiger partial charge < -0.3 is 4.74 Å². The van der Waals surface area contributed by atoms with Gasteiger partial charge in [0.05, 0.1) is 9.82 Å². The summed E-state index contributed by atoms with van der Waals surface area (Å²) in [5.41, 5.74) is -0.237. The van der Waals surface area contributed by atoms with Crippen molar-refractivity contribution in [3.05, 3.63) is 34.4 Å². The predicted octanol–water partition coefficient (Wildman–Crippen LogP) is 1.30. The van der Waals surface area contributed by atoms with Gasteiger partial charge in [0.25, 0.3) is 5.69 Å². The highest BCUT2D eigenvalue weighted by atomic mass is 32.2. The van der Waals surface area contributed by atoms with Gasteiger partial charge in [-0.05, 0) is 24.8 Å². The SMILES string of the molecule is O=[N+]([O-])c1cccc(S(=O)(=O)NCC2CCOCC2)c1. The number of sulfonamides is 1. The maximum absolute atomic E-state index is 12.1. The van der Waals surface area contributed by atoms with Crippen molar-refractivity contribution in [1.29, 1.82) is 0 Å². The van der Waals surface area contributed by atoms with Gasteiger partial charge in [0.1, 0.15) is 0 Å². The number of hydrogen-bond donors (Lipinski definition) is 1. The van der Waals surface area contributed by atoms with Crippen molar-refractivity contribution in [1.82, 2.24) is 4.72 Å². The zero-order chi connectivity index (χ0) is 14.6. The molecule has 2 rings (SSSR count). The first-order valence-corrected chi connectivity index (χ1v) is 7.79. The number of nitro groups is 1. The summed E-state index contributed by atoms with van der Waals surface area (Å²) in [4.78, 5) is 9.96. The largest absolute Gasteiger partial charge is 0.381 e. The van der Waals surface area contributed by atoms with Gasteiger partial charge in [0.15, 0.2) is 0 Å². The lowest BCUT2D eigenvalue weighted by molar-refractivity contribution is -0.385. The maximum atomic E-state index is 12.1. The lowest BCUT2D eigenvalue weighted by atomic mass is 10.0. The van der Waals surface area contributed by atoms with Crippen molar-refractivity contribution in [2.45, 2.75) is 17.7 Å². The fourth-order valence-corrected chi connectivity index (χ4v) is 3.18. The first-order valence-electron chi connectivity index (χ1n) is 6.31. The van der Waals surface area contributed by atoms with E-state index in [9.17, 15) is 18.5 Å². The molecule has 0 spiro atoms. The number of rotatable bonds is 5. The molecule has 20 heavy (non-hydrogen) atoms. The molecular formula is C12H16N2O5S. The summed E-state index contributed by atoms with van der Waals surface area (Å²) in [5.74, 6) is 0.247. The molecule has 1 saturated heterocycles. The van der Waals surface area contributed by atoms with Gasteiger partial charge in [-0.1, -0.05) is 6.07 Å². The van der Waals surface area contributed by atoms with Crippen LogP contribution in [0.25, 0.3) is 0 Å². The van der Waals surface area contributed by atoms with Crippen LogP contribution < -0.4 is 4.72 Å². The lowest BCUT2D eigenvalue weighted by Crippen LogP contribution is -2.32. The van der Waals surface area contributed by atoms with Crippen LogP contribution in [0, 0.1) is 16.0 Å². The Morgan fingerprint density at radius 2 is 2.05 bits per heavy atom. The number of non-ortho nitro benzene ring substituents is 1. The zero-order valence-corrected chi connectivity index (χ0v) is 11.6. The molecular weight excluding hydrogens is 284 g/mol. The summed E-state index contributed by atoms with van der Waals surface area (Å²) < 4.78 is 31.9. The standard InChI is InChI=1S/C12H16N2O5S/c15-14(16)11-2-1-3-12(8-11)20(17,18)13-9-10-4-6-19-7-5-10/h1-3,8,10,13H,4-7,9H2. The smallest absolute Gasteiger partial charge is 0.270 e. The van der Waals surface area contributed by atoms with Gasteiger partial charge in [-0.25, -0.2) is 13.1 Å². The summed E-state index contributed by atoms with van der Waals surface area (Å²) in [5, 5.41) is 10.7. The Hall–Kier alpha value is -1.51. The summed E-state index contributed by atoms with van der Waals surface area (Å²) in [6.45, 7) is 1.61. The Bertz CT molecular complexity index is 581. The van der Waals surface area contributed by atoms with Crippen LogP contribution in [0.4, 0.5) is 5.69 Å². The molecule has 1 aliphatic rings. The number of nitrogens with zero attached hydrogens (tertiary/aromatic N) is 1. The van der Waals surface area contributed by atoms with E-state index in [0.717, 1.165) is 18.9 Å². The van der Waals surface area contributed by atoms with E-state index in [1.807, 2.05) is 0 Å². The number of ether oxygens (including phenoxy) is 1. The van der Waals surface area contributed by atoms with Gasteiger partial charge in [-0.2, -0.15) is 0 Å². The van der Waals surface area contributed by atoms with Crippen molar-refractivity contribution < 1.29 is 18.1 Å². The lowest BCUT2D eigenvalue weighted by Gasteiger charge is -2.22. The second-order valence-corrected chi connectivity index (χ2v) is 6.43. The molecule has 0 unspecified atom stereocenters. The molecule has 1 N–H and O–H groups in total. The average Bonchev–Trinajstić information content (AvgIpc) is 2.46. The molecule has 0 amide bonds. The van der Waals surface area contributed by atoms with Crippen LogP contribution in [0.2, 0.25) is 0 Å². The van der Waals surface area contributed by atoms with Crippen LogP contribution >= 0.6 is 0 Å². The highest BCUT2D eigenvalue weighted by Gasteiger charge is 2.20. The molecule has 7 nitrogen and oxygen atoms in total. The third-order valence-electron chi connectivity index (χ3n) is 3.24. The average molecular weight is 300 g/mol. The number of benzene rings is 1. The summed E-state index contributed by atoms with van der Waals surface area (Å²) in [6, 6.07) is 5.03.